The van der Waals surface area contributed by atoms with Gasteiger partial charge in [0.05, 0.1) is 11.1 Å². The molecule has 0 fully saturated rings. The Balaban J connectivity index is 2.98. The maximum atomic E-state index is 6.14. The number of hydrazine groups is 1. The molecule has 1 atom stereocenters. The van der Waals surface area contributed by atoms with Gasteiger partial charge in [-0.15, -0.1) is 11.3 Å². The zero-order valence-corrected chi connectivity index (χ0v) is 9.67. The van der Waals surface area contributed by atoms with Crippen molar-refractivity contribution in [1.29, 1.82) is 0 Å². The van der Waals surface area contributed by atoms with Crippen LogP contribution >= 0.6 is 22.9 Å². The first-order valence-corrected chi connectivity index (χ1v) is 5.53. The first-order chi connectivity index (χ1) is 6.07. The minimum absolute atomic E-state index is 0.159. The van der Waals surface area contributed by atoms with Crippen molar-refractivity contribution in [2.45, 2.75) is 26.8 Å². The summed E-state index contributed by atoms with van der Waals surface area (Å²) >= 11 is 7.80. The molecule has 0 aromatic carbocycles. The molecule has 1 rings (SSSR count). The van der Waals surface area contributed by atoms with E-state index in [-0.39, 0.29) is 6.04 Å². The maximum Gasteiger partial charge on any atom is 0.0591 e. The fourth-order valence-corrected chi connectivity index (χ4v) is 2.77. The maximum absolute atomic E-state index is 6.14. The van der Waals surface area contributed by atoms with E-state index in [0.29, 0.717) is 5.92 Å². The molecule has 13 heavy (non-hydrogen) atoms. The highest BCUT2D eigenvalue weighted by Crippen LogP contribution is 2.35. The van der Waals surface area contributed by atoms with Gasteiger partial charge in [-0.3, -0.25) is 11.3 Å². The zero-order valence-electron chi connectivity index (χ0n) is 8.10. The summed E-state index contributed by atoms with van der Waals surface area (Å²) in [6, 6.07) is 0.159. The van der Waals surface area contributed by atoms with E-state index >= 15 is 0 Å². The highest BCUT2D eigenvalue weighted by atomic mass is 35.5. The molecule has 3 N–H and O–H groups in total. The molecule has 4 heteroatoms. The quantitative estimate of drug-likeness (QED) is 0.605. The Morgan fingerprint density at radius 2 is 2.15 bits per heavy atom. The van der Waals surface area contributed by atoms with E-state index in [1.165, 1.54) is 0 Å². The van der Waals surface area contributed by atoms with Crippen LogP contribution in [0.1, 0.15) is 30.3 Å². The molecule has 1 heterocycles. The van der Waals surface area contributed by atoms with E-state index in [0.717, 1.165) is 15.5 Å². The molecule has 1 aromatic rings. The number of thiophene rings is 1. The van der Waals surface area contributed by atoms with Crippen molar-refractivity contribution in [3.8, 4) is 0 Å². The SMILES string of the molecule is Cc1csc(C(NN)C(C)C)c1Cl. The fourth-order valence-electron chi connectivity index (χ4n) is 1.23. The molecule has 74 valence electrons. The fraction of sp³-hybridized carbons (Fsp3) is 0.556. The van der Waals surface area contributed by atoms with Crippen molar-refractivity contribution in [2.75, 3.05) is 0 Å². The Morgan fingerprint density at radius 3 is 2.46 bits per heavy atom. The average molecular weight is 219 g/mol. The number of nitrogens with one attached hydrogen (secondary N) is 1. The summed E-state index contributed by atoms with van der Waals surface area (Å²) in [5.74, 6) is 5.93. The van der Waals surface area contributed by atoms with E-state index in [4.69, 9.17) is 17.4 Å². The molecule has 0 amide bonds. The predicted octanol–water partition coefficient (Wildman–Crippen LogP) is 2.87. The van der Waals surface area contributed by atoms with Gasteiger partial charge in [-0.2, -0.15) is 0 Å². The number of halogens is 1. The van der Waals surface area contributed by atoms with Gasteiger partial charge in [0.2, 0.25) is 0 Å². The third kappa shape index (κ3) is 2.23. The predicted molar refractivity (Wildman–Crippen MR) is 59.0 cm³/mol. The molecule has 0 saturated heterocycles. The minimum atomic E-state index is 0.159. The summed E-state index contributed by atoms with van der Waals surface area (Å²) in [7, 11) is 0. The second-order valence-electron chi connectivity index (χ2n) is 3.49. The van der Waals surface area contributed by atoms with Crippen molar-refractivity contribution in [2.24, 2.45) is 11.8 Å². The molecule has 1 aromatic heterocycles. The topological polar surface area (TPSA) is 38.0 Å². The van der Waals surface area contributed by atoms with Crippen LogP contribution in [0.5, 0.6) is 0 Å². The van der Waals surface area contributed by atoms with Crippen molar-refractivity contribution in [1.82, 2.24) is 5.43 Å². The molecule has 0 spiro atoms. The number of aryl methyl sites for hydroxylation is 1. The van der Waals surface area contributed by atoms with Crippen molar-refractivity contribution in [3.63, 3.8) is 0 Å². The second-order valence-corrected chi connectivity index (χ2v) is 4.77. The lowest BCUT2D eigenvalue weighted by molar-refractivity contribution is 0.427. The monoisotopic (exact) mass is 218 g/mol. The van der Waals surface area contributed by atoms with Gasteiger partial charge in [-0.1, -0.05) is 25.4 Å². The Kier molecular flexibility index (Phi) is 3.74. The minimum Gasteiger partial charge on any atom is -0.271 e. The molecule has 0 aliphatic rings. The number of hydrogen-bond donors (Lipinski definition) is 2. The zero-order chi connectivity index (χ0) is 10.0. The van der Waals surface area contributed by atoms with Crippen molar-refractivity contribution in [3.05, 3.63) is 20.8 Å². The van der Waals surface area contributed by atoms with Gasteiger partial charge in [-0.05, 0) is 23.8 Å². The molecule has 0 aliphatic heterocycles. The van der Waals surface area contributed by atoms with E-state index in [1.54, 1.807) is 11.3 Å². The van der Waals surface area contributed by atoms with Crippen LogP contribution in [0, 0.1) is 12.8 Å². The van der Waals surface area contributed by atoms with E-state index < -0.39 is 0 Å². The smallest absolute Gasteiger partial charge is 0.0591 e. The van der Waals surface area contributed by atoms with Crippen LogP contribution in [0.15, 0.2) is 5.38 Å². The molecule has 0 aliphatic carbocycles. The summed E-state index contributed by atoms with van der Waals surface area (Å²) in [6.07, 6.45) is 0. The Bertz CT molecular complexity index is 283. The van der Waals surface area contributed by atoms with Crippen LogP contribution in [-0.2, 0) is 0 Å². The molecule has 0 bridgehead atoms. The number of nitrogens with two attached hydrogens (primary N) is 1. The Labute approximate surface area is 88.1 Å². The third-order valence-corrected chi connectivity index (χ3v) is 3.85. The molecular formula is C9H15ClN2S. The van der Waals surface area contributed by atoms with Gasteiger partial charge in [-0.25, -0.2) is 0 Å². The summed E-state index contributed by atoms with van der Waals surface area (Å²) in [4.78, 5) is 1.14. The van der Waals surface area contributed by atoms with E-state index in [1.807, 2.05) is 6.92 Å². The highest BCUT2D eigenvalue weighted by Gasteiger charge is 2.19. The molecule has 0 radical (unpaired) electrons. The Morgan fingerprint density at radius 1 is 1.54 bits per heavy atom. The van der Waals surface area contributed by atoms with Crippen LogP contribution in [-0.4, -0.2) is 0 Å². The van der Waals surface area contributed by atoms with Crippen LogP contribution in [0.4, 0.5) is 0 Å². The average Bonchev–Trinajstić information content (AvgIpc) is 2.37. The summed E-state index contributed by atoms with van der Waals surface area (Å²) in [5, 5.41) is 2.91. The van der Waals surface area contributed by atoms with Crippen molar-refractivity contribution >= 4 is 22.9 Å². The molecular weight excluding hydrogens is 204 g/mol. The second kappa shape index (κ2) is 4.42. The van der Waals surface area contributed by atoms with Gasteiger partial charge < -0.3 is 0 Å². The first-order valence-electron chi connectivity index (χ1n) is 4.27. The number of hydrogen-bond acceptors (Lipinski definition) is 3. The van der Waals surface area contributed by atoms with Crippen LogP contribution < -0.4 is 11.3 Å². The lowest BCUT2D eigenvalue weighted by Crippen LogP contribution is -2.31. The molecule has 0 saturated carbocycles. The summed E-state index contributed by atoms with van der Waals surface area (Å²) in [6.45, 7) is 6.25. The molecule has 2 nitrogen and oxygen atoms in total. The standard InChI is InChI=1S/C9H15ClN2S/c1-5(2)8(12-11)9-7(10)6(3)4-13-9/h4-5,8,12H,11H2,1-3H3. The Hall–Kier alpha value is -0.0900. The van der Waals surface area contributed by atoms with Gasteiger partial charge in [0.15, 0.2) is 0 Å². The summed E-state index contributed by atoms with van der Waals surface area (Å²) in [5.41, 5.74) is 3.93. The largest absolute Gasteiger partial charge is 0.271 e. The number of rotatable bonds is 3. The van der Waals surface area contributed by atoms with Crippen molar-refractivity contribution < 1.29 is 0 Å². The lowest BCUT2D eigenvalue weighted by atomic mass is 10.0. The first kappa shape index (κ1) is 11.0. The van der Waals surface area contributed by atoms with E-state index in [2.05, 4.69) is 24.7 Å². The van der Waals surface area contributed by atoms with Gasteiger partial charge in [0.25, 0.3) is 0 Å². The summed E-state index contributed by atoms with van der Waals surface area (Å²) < 4.78 is 0. The van der Waals surface area contributed by atoms with Crippen LogP contribution in [0.3, 0.4) is 0 Å². The van der Waals surface area contributed by atoms with Crippen LogP contribution in [0.2, 0.25) is 5.02 Å². The van der Waals surface area contributed by atoms with E-state index in [9.17, 15) is 0 Å². The van der Waals surface area contributed by atoms with Gasteiger partial charge in [0, 0.05) is 4.88 Å². The van der Waals surface area contributed by atoms with Gasteiger partial charge >= 0.3 is 0 Å². The highest BCUT2D eigenvalue weighted by molar-refractivity contribution is 7.10. The molecule has 1 unspecified atom stereocenters. The van der Waals surface area contributed by atoms with Crippen LogP contribution in [0.25, 0.3) is 0 Å². The lowest BCUT2D eigenvalue weighted by Gasteiger charge is -2.18. The normalized spacial score (nSPS) is 13.7. The third-order valence-electron chi connectivity index (χ3n) is 2.05. The van der Waals surface area contributed by atoms with Gasteiger partial charge in [0.1, 0.15) is 0 Å².